The number of morpholine rings is 1. The van der Waals surface area contributed by atoms with Crippen molar-refractivity contribution < 1.29 is 31.9 Å². The van der Waals surface area contributed by atoms with Crippen molar-refractivity contribution in [1.82, 2.24) is 9.21 Å². The van der Waals surface area contributed by atoms with Gasteiger partial charge in [-0.25, -0.2) is 12.8 Å². The maximum absolute atomic E-state index is 14.3. The molecule has 1 fully saturated rings. The molecular formula is C20H18FN3O6S. The normalized spacial score (nSPS) is 17.0. The molecule has 0 aromatic heterocycles. The lowest BCUT2D eigenvalue weighted by atomic mass is 10.1. The van der Waals surface area contributed by atoms with Gasteiger partial charge < -0.3 is 10.1 Å². The molecule has 162 valence electrons. The van der Waals surface area contributed by atoms with Crippen molar-refractivity contribution in [2.75, 3.05) is 38.7 Å². The number of nitrogens with one attached hydrogen (secondary N) is 1. The van der Waals surface area contributed by atoms with Crippen molar-refractivity contribution in [3.8, 4) is 0 Å². The molecule has 0 unspecified atom stereocenters. The van der Waals surface area contributed by atoms with Crippen molar-refractivity contribution >= 4 is 33.4 Å². The smallest absolute Gasteiger partial charge is 0.261 e. The molecule has 2 heterocycles. The van der Waals surface area contributed by atoms with Gasteiger partial charge in [-0.15, -0.1) is 0 Å². The number of amides is 3. The van der Waals surface area contributed by atoms with E-state index < -0.39 is 38.5 Å². The van der Waals surface area contributed by atoms with Gasteiger partial charge in [-0.1, -0.05) is 0 Å². The maximum atomic E-state index is 14.3. The Bertz CT molecular complexity index is 1210. The van der Waals surface area contributed by atoms with Gasteiger partial charge in [0.2, 0.25) is 10.0 Å². The predicted molar refractivity (Wildman–Crippen MR) is 107 cm³/mol. The molecule has 9 nitrogen and oxygen atoms in total. The van der Waals surface area contributed by atoms with Gasteiger partial charge >= 0.3 is 0 Å². The molecule has 0 aliphatic carbocycles. The SMILES string of the molecule is CN1C(=O)c2ccc(NC(=O)c3ccc(F)c(S(=O)(=O)N4CCOCC4)c3)cc2C1=O. The minimum absolute atomic E-state index is 0.0757. The van der Waals surface area contributed by atoms with Gasteiger partial charge in [0, 0.05) is 31.4 Å². The fraction of sp³-hybridized carbons (Fsp3) is 0.250. The molecule has 31 heavy (non-hydrogen) atoms. The second-order valence-corrected chi connectivity index (χ2v) is 8.95. The van der Waals surface area contributed by atoms with Crippen LogP contribution in [-0.2, 0) is 14.8 Å². The van der Waals surface area contributed by atoms with Crippen molar-refractivity contribution in [2.24, 2.45) is 0 Å². The molecule has 0 radical (unpaired) electrons. The first-order valence-corrected chi connectivity index (χ1v) is 10.8. The number of rotatable bonds is 4. The Kier molecular flexibility index (Phi) is 5.33. The van der Waals surface area contributed by atoms with E-state index in [9.17, 15) is 27.2 Å². The van der Waals surface area contributed by atoms with Crippen LogP contribution in [0.2, 0.25) is 0 Å². The van der Waals surface area contributed by atoms with Crippen LogP contribution in [-0.4, -0.2) is 68.7 Å². The molecule has 1 N–H and O–H groups in total. The summed E-state index contributed by atoms with van der Waals surface area (Å²) >= 11 is 0. The number of imide groups is 1. The summed E-state index contributed by atoms with van der Waals surface area (Å²) in [6.45, 7) is 0.592. The monoisotopic (exact) mass is 447 g/mol. The summed E-state index contributed by atoms with van der Waals surface area (Å²) < 4.78 is 46.2. The molecule has 0 atom stereocenters. The van der Waals surface area contributed by atoms with Crippen LogP contribution < -0.4 is 5.32 Å². The van der Waals surface area contributed by atoms with Crippen LogP contribution >= 0.6 is 0 Å². The zero-order chi connectivity index (χ0) is 22.3. The molecule has 0 bridgehead atoms. The first kappa shape index (κ1) is 21.1. The molecule has 3 amide bonds. The Morgan fingerprint density at radius 1 is 1.03 bits per heavy atom. The van der Waals surface area contributed by atoms with Crippen LogP contribution in [0.25, 0.3) is 0 Å². The Morgan fingerprint density at radius 2 is 1.71 bits per heavy atom. The standard InChI is InChI=1S/C20H18FN3O6S/c1-23-19(26)14-4-3-13(11-15(14)20(23)27)22-18(25)12-2-5-16(21)17(10-12)31(28,29)24-6-8-30-9-7-24/h2-5,10-11H,6-9H2,1H3,(H,22,25). The quantitative estimate of drug-likeness (QED) is 0.708. The maximum Gasteiger partial charge on any atom is 0.261 e. The minimum Gasteiger partial charge on any atom is -0.379 e. The number of carbonyl (C=O) groups is 3. The van der Waals surface area contributed by atoms with Crippen molar-refractivity contribution in [3.63, 3.8) is 0 Å². The lowest BCUT2D eigenvalue weighted by Crippen LogP contribution is -2.41. The number of sulfonamides is 1. The summed E-state index contributed by atoms with van der Waals surface area (Å²) in [5.74, 6) is -2.58. The topological polar surface area (TPSA) is 113 Å². The largest absolute Gasteiger partial charge is 0.379 e. The summed E-state index contributed by atoms with van der Waals surface area (Å²) in [5.41, 5.74) is 0.543. The van der Waals surface area contributed by atoms with Crippen LogP contribution in [0.5, 0.6) is 0 Å². The molecule has 11 heteroatoms. The van der Waals surface area contributed by atoms with Crippen LogP contribution in [0.4, 0.5) is 10.1 Å². The zero-order valence-electron chi connectivity index (χ0n) is 16.4. The summed E-state index contributed by atoms with van der Waals surface area (Å²) in [7, 11) is -2.78. The van der Waals surface area contributed by atoms with Crippen molar-refractivity contribution in [1.29, 1.82) is 0 Å². The van der Waals surface area contributed by atoms with Crippen molar-refractivity contribution in [2.45, 2.75) is 4.90 Å². The third kappa shape index (κ3) is 3.71. The number of benzene rings is 2. The highest BCUT2D eigenvalue weighted by atomic mass is 32.2. The second-order valence-electron chi connectivity index (χ2n) is 7.05. The minimum atomic E-state index is -4.14. The van der Waals surface area contributed by atoms with Crippen LogP contribution in [0.3, 0.4) is 0 Å². The number of hydrogen-bond acceptors (Lipinski definition) is 6. The predicted octanol–water partition coefficient (Wildman–Crippen LogP) is 1.32. The highest BCUT2D eigenvalue weighted by Gasteiger charge is 2.33. The van der Waals surface area contributed by atoms with E-state index in [4.69, 9.17) is 4.74 Å². The van der Waals surface area contributed by atoms with E-state index >= 15 is 0 Å². The Morgan fingerprint density at radius 3 is 2.42 bits per heavy atom. The first-order valence-electron chi connectivity index (χ1n) is 9.35. The van der Waals surface area contributed by atoms with Crippen LogP contribution in [0.1, 0.15) is 31.1 Å². The average molecular weight is 447 g/mol. The van der Waals surface area contributed by atoms with E-state index in [1.165, 1.54) is 31.3 Å². The van der Waals surface area contributed by atoms with Gasteiger partial charge in [0.05, 0.1) is 24.3 Å². The fourth-order valence-corrected chi connectivity index (χ4v) is 4.91. The van der Waals surface area contributed by atoms with Gasteiger partial charge in [0.25, 0.3) is 17.7 Å². The van der Waals surface area contributed by atoms with Crippen LogP contribution in [0.15, 0.2) is 41.3 Å². The number of nitrogens with zero attached hydrogens (tertiary/aromatic N) is 2. The molecule has 0 spiro atoms. The number of carbonyl (C=O) groups excluding carboxylic acids is 3. The van der Waals surface area contributed by atoms with E-state index in [1.54, 1.807) is 0 Å². The molecule has 1 saturated heterocycles. The Hall–Kier alpha value is -3.15. The second kappa shape index (κ2) is 7.84. The molecule has 0 saturated carbocycles. The summed E-state index contributed by atoms with van der Waals surface area (Å²) in [6, 6.07) is 7.31. The van der Waals surface area contributed by atoms with E-state index in [0.29, 0.717) is 0 Å². The van der Waals surface area contributed by atoms with E-state index in [2.05, 4.69) is 5.32 Å². The molecule has 2 aliphatic rings. The van der Waals surface area contributed by atoms with Gasteiger partial charge in [-0.2, -0.15) is 4.31 Å². The molecule has 2 aromatic rings. The lowest BCUT2D eigenvalue weighted by molar-refractivity contribution is 0.0692. The molecule has 4 rings (SSSR count). The number of fused-ring (bicyclic) bond motifs is 1. The average Bonchev–Trinajstić information content (AvgIpc) is 2.98. The zero-order valence-corrected chi connectivity index (χ0v) is 17.2. The van der Waals surface area contributed by atoms with Gasteiger partial charge in [-0.05, 0) is 36.4 Å². The third-order valence-corrected chi connectivity index (χ3v) is 7.04. The van der Waals surface area contributed by atoms with Gasteiger partial charge in [0.15, 0.2) is 0 Å². The highest BCUT2D eigenvalue weighted by Crippen LogP contribution is 2.26. The molecular weight excluding hydrogens is 429 g/mol. The Labute approximate surface area is 177 Å². The Balaban J connectivity index is 1.60. The molecule has 2 aromatic carbocycles. The van der Waals surface area contributed by atoms with Crippen molar-refractivity contribution in [3.05, 3.63) is 58.9 Å². The van der Waals surface area contributed by atoms with Gasteiger partial charge in [0.1, 0.15) is 10.7 Å². The fourth-order valence-electron chi connectivity index (χ4n) is 3.41. The third-order valence-electron chi connectivity index (χ3n) is 5.13. The first-order chi connectivity index (χ1) is 14.7. The van der Waals surface area contributed by atoms with Gasteiger partial charge in [-0.3, -0.25) is 19.3 Å². The summed E-state index contributed by atoms with van der Waals surface area (Å²) in [6.07, 6.45) is 0. The number of ether oxygens (including phenoxy) is 1. The van der Waals surface area contributed by atoms with E-state index in [-0.39, 0.29) is 48.7 Å². The lowest BCUT2D eigenvalue weighted by Gasteiger charge is -2.26. The van der Waals surface area contributed by atoms with E-state index in [0.717, 1.165) is 21.3 Å². The highest BCUT2D eigenvalue weighted by molar-refractivity contribution is 7.89. The summed E-state index contributed by atoms with van der Waals surface area (Å²) in [5, 5.41) is 2.54. The number of hydrogen-bond donors (Lipinski definition) is 1. The number of halogens is 1. The summed E-state index contributed by atoms with van der Waals surface area (Å²) in [4.78, 5) is 37.1. The number of anilines is 1. The van der Waals surface area contributed by atoms with Crippen LogP contribution in [0, 0.1) is 5.82 Å². The molecule has 2 aliphatic heterocycles. The van der Waals surface area contributed by atoms with E-state index in [1.807, 2.05) is 0 Å².